The quantitative estimate of drug-likeness (QED) is 0.711. The number of fused-ring (bicyclic) bond motifs is 1. The Morgan fingerprint density at radius 1 is 1.23 bits per heavy atom. The highest BCUT2D eigenvalue weighted by molar-refractivity contribution is 5.67. The molecule has 2 unspecified atom stereocenters. The number of anilines is 1. The highest BCUT2D eigenvalue weighted by Gasteiger charge is 2.38. The van der Waals surface area contributed by atoms with E-state index in [2.05, 4.69) is 46.1 Å². The molecule has 2 atom stereocenters. The molecule has 22 heavy (non-hydrogen) atoms. The van der Waals surface area contributed by atoms with Gasteiger partial charge in [0, 0.05) is 25.5 Å². The first-order valence-electron chi connectivity index (χ1n) is 8.72. The third-order valence-electron chi connectivity index (χ3n) is 5.61. The van der Waals surface area contributed by atoms with Gasteiger partial charge >= 0.3 is 0 Å². The van der Waals surface area contributed by atoms with Gasteiger partial charge in [-0.25, -0.2) is 9.97 Å². The Balaban J connectivity index is 0.00000156. The van der Waals surface area contributed by atoms with Crippen molar-refractivity contribution in [2.75, 3.05) is 18.0 Å². The number of hydrogen-bond donors (Lipinski definition) is 0. The van der Waals surface area contributed by atoms with Gasteiger partial charge in [0.25, 0.3) is 0 Å². The number of aromatic nitrogens is 2. The molecule has 1 aromatic rings. The SMILES string of the molecule is CC1CCC=Cc2c1ncnc2N1CCC2(C=CCCC2)C1.[HH]. The van der Waals surface area contributed by atoms with E-state index in [-0.39, 0.29) is 1.43 Å². The van der Waals surface area contributed by atoms with E-state index in [1.165, 1.54) is 43.4 Å². The Bertz CT molecular complexity index is 625. The molecule has 2 aliphatic carbocycles. The Labute approximate surface area is 134 Å². The summed E-state index contributed by atoms with van der Waals surface area (Å²) < 4.78 is 0. The van der Waals surface area contributed by atoms with Crippen molar-refractivity contribution in [2.45, 2.75) is 51.4 Å². The van der Waals surface area contributed by atoms with Gasteiger partial charge in [-0.3, -0.25) is 0 Å². The molecule has 1 aromatic heterocycles. The second-order valence-electron chi connectivity index (χ2n) is 7.21. The molecule has 3 aliphatic rings. The molecule has 0 radical (unpaired) electrons. The predicted octanol–water partition coefficient (Wildman–Crippen LogP) is 4.57. The molecule has 1 fully saturated rings. The maximum atomic E-state index is 4.67. The molecule has 3 heteroatoms. The lowest BCUT2D eigenvalue weighted by molar-refractivity contribution is 0.368. The zero-order chi connectivity index (χ0) is 15.0. The summed E-state index contributed by atoms with van der Waals surface area (Å²) in [4.78, 5) is 11.8. The van der Waals surface area contributed by atoms with Crippen LogP contribution in [0.15, 0.2) is 24.6 Å². The van der Waals surface area contributed by atoms with Crippen LogP contribution in [-0.4, -0.2) is 23.1 Å². The smallest absolute Gasteiger partial charge is 0.139 e. The van der Waals surface area contributed by atoms with Gasteiger partial charge in [0.2, 0.25) is 0 Å². The van der Waals surface area contributed by atoms with Gasteiger partial charge < -0.3 is 4.90 Å². The van der Waals surface area contributed by atoms with Gasteiger partial charge in [-0.2, -0.15) is 0 Å². The summed E-state index contributed by atoms with van der Waals surface area (Å²) in [5, 5.41) is 0. The molecular weight excluding hydrogens is 270 g/mol. The maximum absolute atomic E-state index is 4.67. The van der Waals surface area contributed by atoms with E-state index in [1.54, 1.807) is 6.33 Å². The third-order valence-corrected chi connectivity index (χ3v) is 5.61. The molecular formula is C19H27N3. The fraction of sp³-hybridized carbons (Fsp3) is 0.579. The Morgan fingerprint density at radius 2 is 2.18 bits per heavy atom. The number of nitrogens with zero attached hydrogens (tertiary/aromatic N) is 3. The van der Waals surface area contributed by atoms with Crippen LogP contribution in [0, 0.1) is 5.41 Å². The molecule has 1 aliphatic heterocycles. The first kappa shape index (κ1) is 14.0. The highest BCUT2D eigenvalue weighted by atomic mass is 15.2. The highest BCUT2D eigenvalue weighted by Crippen LogP contribution is 2.42. The summed E-state index contributed by atoms with van der Waals surface area (Å²) in [6.07, 6.45) is 18.7. The van der Waals surface area contributed by atoms with Gasteiger partial charge in [0.1, 0.15) is 12.1 Å². The molecule has 2 heterocycles. The fourth-order valence-corrected chi connectivity index (χ4v) is 4.29. The average Bonchev–Trinajstić information content (AvgIpc) is 2.84. The Kier molecular flexibility index (Phi) is 3.51. The number of hydrogen-bond acceptors (Lipinski definition) is 3. The maximum Gasteiger partial charge on any atom is 0.139 e. The van der Waals surface area contributed by atoms with Crippen LogP contribution < -0.4 is 4.90 Å². The van der Waals surface area contributed by atoms with Crippen molar-refractivity contribution in [2.24, 2.45) is 5.41 Å². The van der Waals surface area contributed by atoms with Crippen LogP contribution in [0.25, 0.3) is 6.08 Å². The second-order valence-corrected chi connectivity index (χ2v) is 7.21. The minimum atomic E-state index is 0. The summed E-state index contributed by atoms with van der Waals surface area (Å²) >= 11 is 0. The van der Waals surface area contributed by atoms with E-state index < -0.39 is 0 Å². The summed E-state index contributed by atoms with van der Waals surface area (Å²) in [7, 11) is 0. The van der Waals surface area contributed by atoms with E-state index >= 15 is 0 Å². The Morgan fingerprint density at radius 3 is 3.05 bits per heavy atom. The minimum Gasteiger partial charge on any atom is -0.355 e. The van der Waals surface area contributed by atoms with Crippen molar-refractivity contribution in [1.29, 1.82) is 0 Å². The standard InChI is InChI=1S/C19H25N3.H2/c1-15-7-3-4-8-16-17(15)20-14-21-18(16)22-12-11-19(13-22)9-5-2-6-10-19;/h4-5,8-9,14-15H,2-3,6-7,10-13H2,1H3;1H. The van der Waals surface area contributed by atoms with Crippen LogP contribution in [-0.2, 0) is 0 Å². The largest absolute Gasteiger partial charge is 0.355 e. The second kappa shape index (κ2) is 5.53. The van der Waals surface area contributed by atoms with Gasteiger partial charge in [-0.05, 0) is 44.4 Å². The summed E-state index contributed by atoms with van der Waals surface area (Å²) in [5.74, 6) is 1.68. The van der Waals surface area contributed by atoms with Gasteiger partial charge in [0.05, 0.1) is 5.69 Å². The lowest BCUT2D eigenvalue weighted by Crippen LogP contribution is -2.28. The lowest BCUT2D eigenvalue weighted by atomic mass is 9.78. The van der Waals surface area contributed by atoms with Crippen molar-refractivity contribution in [3.63, 3.8) is 0 Å². The number of rotatable bonds is 1. The molecule has 0 bridgehead atoms. The molecule has 0 saturated carbocycles. The van der Waals surface area contributed by atoms with Crippen LogP contribution in [0.1, 0.15) is 64.1 Å². The van der Waals surface area contributed by atoms with Crippen LogP contribution in [0.3, 0.4) is 0 Å². The summed E-state index contributed by atoms with van der Waals surface area (Å²) in [6, 6.07) is 0. The lowest BCUT2D eigenvalue weighted by Gasteiger charge is -2.29. The van der Waals surface area contributed by atoms with E-state index in [0.29, 0.717) is 11.3 Å². The van der Waals surface area contributed by atoms with Gasteiger partial charge in [-0.15, -0.1) is 0 Å². The predicted molar refractivity (Wildman–Crippen MR) is 93.1 cm³/mol. The van der Waals surface area contributed by atoms with E-state index in [4.69, 9.17) is 0 Å². The van der Waals surface area contributed by atoms with Crippen LogP contribution in [0.2, 0.25) is 0 Å². The monoisotopic (exact) mass is 297 g/mol. The summed E-state index contributed by atoms with van der Waals surface area (Å²) in [6.45, 7) is 4.53. The third kappa shape index (κ3) is 2.37. The molecule has 4 rings (SSSR count). The first-order valence-corrected chi connectivity index (χ1v) is 8.72. The van der Waals surface area contributed by atoms with Crippen molar-refractivity contribution in [3.05, 3.63) is 35.8 Å². The molecule has 0 N–H and O–H groups in total. The summed E-state index contributed by atoms with van der Waals surface area (Å²) in [5.41, 5.74) is 2.90. The van der Waals surface area contributed by atoms with E-state index in [1.807, 2.05) is 0 Å². The zero-order valence-corrected chi connectivity index (χ0v) is 13.5. The zero-order valence-electron chi connectivity index (χ0n) is 13.5. The van der Waals surface area contributed by atoms with Crippen molar-refractivity contribution in [3.8, 4) is 0 Å². The van der Waals surface area contributed by atoms with E-state index in [0.717, 1.165) is 25.3 Å². The van der Waals surface area contributed by atoms with Crippen LogP contribution >= 0.6 is 0 Å². The molecule has 0 aromatic carbocycles. The van der Waals surface area contributed by atoms with Gasteiger partial charge in [0.15, 0.2) is 0 Å². The normalized spacial score (nSPS) is 30.6. The minimum absolute atomic E-state index is 0. The van der Waals surface area contributed by atoms with E-state index in [9.17, 15) is 0 Å². The van der Waals surface area contributed by atoms with Crippen LogP contribution in [0.4, 0.5) is 5.82 Å². The topological polar surface area (TPSA) is 29.0 Å². The molecule has 1 spiro atoms. The molecule has 0 amide bonds. The molecule has 118 valence electrons. The molecule has 1 saturated heterocycles. The van der Waals surface area contributed by atoms with Gasteiger partial charge in [-0.1, -0.05) is 31.2 Å². The fourth-order valence-electron chi connectivity index (χ4n) is 4.29. The van der Waals surface area contributed by atoms with Crippen molar-refractivity contribution in [1.82, 2.24) is 9.97 Å². The van der Waals surface area contributed by atoms with Crippen LogP contribution in [0.5, 0.6) is 0 Å². The van der Waals surface area contributed by atoms with Crippen molar-refractivity contribution >= 4 is 11.9 Å². The first-order chi connectivity index (χ1) is 10.8. The average molecular weight is 297 g/mol. The molecule has 3 nitrogen and oxygen atoms in total. The Hall–Kier alpha value is -1.64. The van der Waals surface area contributed by atoms with Crippen molar-refractivity contribution < 1.29 is 1.43 Å². The number of allylic oxidation sites excluding steroid dienone is 2.